The lowest BCUT2D eigenvalue weighted by atomic mass is 9.83. The van der Waals surface area contributed by atoms with Crippen LogP contribution in [-0.2, 0) is 26.5 Å². The van der Waals surface area contributed by atoms with E-state index >= 15 is 0 Å². The number of halogens is 9. The Morgan fingerprint density at radius 2 is 1.63 bits per heavy atom. The van der Waals surface area contributed by atoms with Crippen molar-refractivity contribution in [1.29, 1.82) is 0 Å². The van der Waals surface area contributed by atoms with Gasteiger partial charge in [-0.25, -0.2) is 4.39 Å². The van der Waals surface area contributed by atoms with Gasteiger partial charge in [0.15, 0.2) is 16.3 Å². The number of rotatable bonds is 6. The Morgan fingerprint density at radius 1 is 1.03 bits per heavy atom. The minimum Gasteiger partial charge on any atom is -0.362 e. The van der Waals surface area contributed by atoms with Crippen LogP contribution in [-0.4, -0.2) is 42.0 Å². The first-order valence-corrected chi connectivity index (χ1v) is 13.3. The third-order valence-electron chi connectivity index (χ3n) is 6.49. The van der Waals surface area contributed by atoms with Gasteiger partial charge < -0.3 is 9.64 Å². The van der Waals surface area contributed by atoms with E-state index in [0.717, 1.165) is 17.0 Å². The second kappa shape index (κ2) is 10.1. The van der Waals surface area contributed by atoms with E-state index in [1.165, 1.54) is 18.2 Å². The number of fused-ring (bicyclic) bond motifs is 2. The van der Waals surface area contributed by atoms with Crippen LogP contribution < -0.4 is 0 Å². The second-order valence-electron chi connectivity index (χ2n) is 8.97. The Kier molecular flexibility index (Phi) is 7.76. The number of amides is 1. The summed E-state index contributed by atoms with van der Waals surface area (Å²) in [4.78, 5) is 25.9. The second-order valence-corrected chi connectivity index (χ2v) is 11.2. The molecule has 0 bridgehead atoms. The number of likely N-dealkylation sites (tertiary alicyclic amines) is 1. The SMILES string of the molecule is O=C(CC(SS)(c1cc(Cl)c(F)c(Cl)c1)C(F)(F)F)c1ccc2c(c1)COC21CN(C(=O)CC(F)(F)F)C1. The molecule has 4 nitrogen and oxygen atoms in total. The zero-order chi connectivity index (χ0) is 28.3. The molecule has 2 aromatic rings. The van der Waals surface area contributed by atoms with E-state index < -0.39 is 68.7 Å². The molecule has 1 amide bonds. The van der Waals surface area contributed by atoms with Crippen molar-refractivity contribution in [3.05, 3.63) is 68.4 Å². The van der Waals surface area contributed by atoms with Gasteiger partial charge in [-0.1, -0.05) is 46.1 Å². The third kappa shape index (κ3) is 5.24. The van der Waals surface area contributed by atoms with Gasteiger partial charge in [0.2, 0.25) is 5.91 Å². The highest BCUT2D eigenvalue weighted by Crippen LogP contribution is 2.55. The molecule has 1 saturated heterocycles. The molecule has 2 aliphatic heterocycles. The molecule has 0 N–H and O–H groups in total. The molecule has 0 aromatic heterocycles. The number of alkyl halides is 6. The maximum absolute atomic E-state index is 14.4. The number of nitrogens with zero attached hydrogens (tertiary/aromatic N) is 1. The summed E-state index contributed by atoms with van der Waals surface area (Å²) in [5.41, 5.74) is -0.688. The zero-order valence-electron chi connectivity index (χ0n) is 18.9. The highest BCUT2D eigenvalue weighted by atomic mass is 35.5. The van der Waals surface area contributed by atoms with E-state index in [2.05, 4.69) is 11.7 Å². The first kappa shape index (κ1) is 29.3. The fourth-order valence-electron chi connectivity index (χ4n) is 4.54. The van der Waals surface area contributed by atoms with Crippen molar-refractivity contribution in [2.75, 3.05) is 13.1 Å². The van der Waals surface area contributed by atoms with Crippen LogP contribution in [0.3, 0.4) is 0 Å². The van der Waals surface area contributed by atoms with Crippen LogP contribution >= 0.6 is 45.7 Å². The summed E-state index contributed by atoms with van der Waals surface area (Å²) in [6.45, 7) is -0.295. The minimum atomic E-state index is -5.03. The number of hydrogen-bond acceptors (Lipinski definition) is 5. The summed E-state index contributed by atoms with van der Waals surface area (Å²) in [6, 6.07) is 5.58. The van der Waals surface area contributed by atoms with Gasteiger partial charge >= 0.3 is 12.4 Å². The molecule has 4 rings (SSSR count). The van der Waals surface area contributed by atoms with Crippen LogP contribution in [0.15, 0.2) is 30.3 Å². The van der Waals surface area contributed by atoms with Crippen molar-refractivity contribution in [2.24, 2.45) is 0 Å². The number of ketones is 1. The Balaban J connectivity index is 1.58. The number of hydrogen-bond donors (Lipinski definition) is 1. The number of thiol groups is 1. The highest BCUT2D eigenvalue weighted by molar-refractivity contribution is 8.69. The Bertz CT molecular complexity index is 1280. The van der Waals surface area contributed by atoms with Crippen molar-refractivity contribution < 1.29 is 45.1 Å². The van der Waals surface area contributed by atoms with Crippen molar-refractivity contribution in [1.82, 2.24) is 4.90 Å². The van der Waals surface area contributed by atoms with Crippen molar-refractivity contribution in [3.8, 4) is 0 Å². The molecule has 206 valence electrons. The standard InChI is InChI=1S/C23H16Cl2F7NO3S2/c24-15-4-13(5-16(25)19(15)26)21(38-37,23(30,31)32)6-17(34)11-1-2-14-12(3-11)8-36-20(14)9-33(10-20)18(35)7-22(27,28)29/h1-5,37H,6-10H2. The molecule has 15 heteroatoms. The highest BCUT2D eigenvalue weighted by Gasteiger charge is 2.58. The van der Waals surface area contributed by atoms with Crippen LogP contribution in [0, 0.1) is 5.82 Å². The zero-order valence-corrected chi connectivity index (χ0v) is 22.1. The maximum atomic E-state index is 14.4. The molecule has 38 heavy (non-hydrogen) atoms. The quantitative estimate of drug-likeness (QED) is 0.121. The Labute approximate surface area is 230 Å². The molecule has 1 spiro atoms. The molecule has 0 saturated carbocycles. The minimum absolute atomic E-state index is 0.0350. The molecule has 0 aliphatic carbocycles. The van der Waals surface area contributed by atoms with E-state index in [-0.39, 0.29) is 36.1 Å². The van der Waals surface area contributed by atoms with Gasteiger partial charge in [-0.05, 0) is 34.9 Å². The lowest BCUT2D eigenvalue weighted by Crippen LogP contribution is -2.61. The van der Waals surface area contributed by atoms with Crippen LogP contribution in [0.2, 0.25) is 10.0 Å². The topological polar surface area (TPSA) is 46.6 Å². The molecule has 2 aromatic carbocycles. The molecular formula is C23H16Cl2F7NO3S2. The summed E-state index contributed by atoms with van der Waals surface area (Å²) in [5, 5.41) is -1.31. The van der Waals surface area contributed by atoms with Crippen LogP contribution in [0.1, 0.15) is 39.9 Å². The molecule has 0 radical (unpaired) electrons. The van der Waals surface area contributed by atoms with Crippen LogP contribution in [0.5, 0.6) is 0 Å². The van der Waals surface area contributed by atoms with Crippen molar-refractivity contribution in [3.63, 3.8) is 0 Å². The van der Waals surface area contributed by atoms with Gasteiger partial charge in [-0.3, -0.25) is 9.59 Å². The van der Waals surface area contributed by atoms with Crippen molar-refractivity contribution in [2.45, 2.75) is 42.1 Å². The first-order chi connectivity index (χ1) is 17.5. The number of benzene rings is 2. The molecule has 1 fully saturated rings. The molecule has 2 aliphatic rings. The lowest BCUT2D eigenvalue weighted by molar-refractivity contribution is -0.185. The van der Waals surface area contributed by atoms with E-state index in [1.54, 1.807) is 0 Å². The summed E-state index contributed by atoms with van der Waals surface area (Å²) >= 11 is 15.2. The largest absolute Gasteiger partial charge is 0.408 e. The smallest absolute Gasteiger partial charge is 0.362 e. The predicted molar refractivity (Wildman–Crippen MR) is 130 cm³/mol. The van der Waals surface area contributed by atoms with E-state index in [9.17, 15) is 40.3 Å². The lowest BCUT2D eigenvalue weighted by Gasteiger charge is -2.47. The van der Waals surface area contributed by atoms with Gasteiger partial charge in [0.05, 0.1) is 29.7 Å². The van der Waals surface area contributed by atoms with E-state index in [4.69, 9.17) is 27.9 Å². The van der Waals surface area contributed by atoms with Gasteiger partial charge in [-0.2, -0.15) is 26.3 Å². The van der Waals surface area contributed by atoms with Gasteiger partial charge in [-0.15, -0.1) is 11.7 Å². The summed E-state index contributed by atoms with van der Waals surface area (Å²) in [5.74, 6) is -3.12. The van der Waals surface area contributed by atoms with E-state index in [0.29, 0.717) is 11.1 Å². The molecule has 1 unspecified atom stereocenters. The number of carbonyl (C=O) groups is 2. The summed E-state index contributed by atoms with van der Waals surface area (Å²) < 4.78 is 97.3. The molecule has 2 heterocycles. The first-order valence-electron chi connectivity index (χ1n) is 10.7. The van der Waals surface area contributed by atoms with Gasteiger partial charge in [0.25, 0.3) is 0 Å². The number of ether oxygens (including phenoxy) is 1. The fourth-order valence-corrected chi connectivity index (χ4v) is 6.37. The summed E-state index contributed by atoms with van der Waals surface area (Å²) in [7, 11) is 0.0350. The number of Topliss-reactive ketones (excluding diaryl/α,β-unsaturated/α-hetero) is 1. The van der Waals surface area contributed by atoms with Gasteiger partial charge in [0.1, 0.15) is 12.0 Å². The number of carbonyl (C=O) groups excluding carboxylic acids is 2. The fraction of sp³-hybridized carbons (Fsp3) is 0.391. The van der Waals surface area contributed by atoms with Crippen LogP contribution in [0.4, 0.5) is 30.7 Å². The molecular weight excluding hydrogens is 606 g/mol. The predicted octanol–water partition coefficient (Wildman–Crippen LogP) is 7.26. The van der Waals surface area contributed by atoms with Gasteiger partial charge in [0, 0.05) is 12.0 Å². The average molecular weight is 622 g/mol. The van der Waals surface area contributed by atoms with E-state index in [1.807, 2.05) is 0 Å². The Hall–Kier alpha value is -1.67. The maximum Gasteiger partial charge on any atom is 0.408 e. The Morgan fingerprint density at radius 3 is 2.16 bits per heavy atom. The van der Waals surface area contributed by atoms with Crippen molar-refractivity contribution >= 4 is 57.3 Å². The average Bonchev–Trinajstić information content (AvgIpc) is 3.16. The monoisotopic (exact) mass is 621 g/mol. The third-order valence-corrected chi connectivity index (χ3v) is 8.90. The van der Waals surface area contributed by atoms with Crippen LogP contribution in [0.25, 0.3) is 0 Å². The summed E-state index contributed by atoms with van der Waals surface area (Å²) in [6.07, 6.45) is -12.4. The molecule has 1 atom stereocenters. The normalized spacial score (nSPS) is 18.2.